The van der Waals surface area contributed by atoms with E-state index >= 15 is 0 Å². The zero-order valence-electron chi connectivity index (χ0n) is 8.09. The monoisotopic (exact) mass is 186 g/mol. The lowest BCUT2D eigenvalue weighted by molar-refractivity contribution is -0.119. The van der Waals surface area contributed by atoms with E-state index in [9.17, 15) is 4.79 Å². The number of carbonyl (C=O) groups excluding carboxylic acids is 1. The van der Waals surface area contributed by atoms with Crippen molar-refractivity contribution in [3.8, 4) is 0 Å². The summed E-state index contributed by atoms with van der Waals surface area (Å²) in [6, 6.07) is 5.28. The molecule has 3 nitrogen and oxygen atoms in total. The van der Waals surface area contributed by atoms with Crippen LogP contribution in [0.2, 0.25) is 0 Å². The first-order valence-corrected chi connectivity index (χ1v) is 4.39. The second kappa shape index (κ2) is 2.58. The molecule has 0 fully saturated rings. The first kappa shape index (κ1) is 8.76. The van der Waals surface area contributed by atoms with E-state index in [2.05, 4.69) is 10.2 Å². The lowest BCUT2D eigenvalue weighted by atomic mass is 9.86. The van der Waals surface area contributed by atoms with Gasteiger partial charge in [-0.05, 0) is 25.5 Å². The fourth-order valence-electron chi connectivity index (χ4n) is 1.63. The van der Waals surface area contributed by atoms with Crippen LogP contribution in [0, 0.1) is 6.57 Å². The van der Waals surface area contributed by atoms with Gasteiger partial charge in [0.2, 0.25) is 5.91 Å². The van der Waals surface area contributed by atoms with Crippen LogP contribution in [0.4, 0.5) is 11.4 Å². The van der Waals surface area contributed by atoms with E-state index in [-0.39, 0.29) is 5.91 Å². The Morgan fingerprint density at radius 2 is 2.14 bits per heavy atom. The lowest BCUT2D eigenvalue weighted by Gasteiger charge is -2.14. The molecule has 70 valence electrons. The number of rotatable bonds is 0. The number of nitrogens with one attached hydrogen (secondary N) is 1. The maximum absolute atomic E-state index is 11.6. The molecule has 0 aromatic heterocycles. The maximum atomic E-state index is 11.6. The Hall–Kier alpha value is -1.82. The van der Waals surface area contributed by atoms with Crippen molar-refractivity contribution in [1.29, 1.82) is 0 Å². The molecule has 0 unspecified atom stereocenters. The number of carbonyl (C=O) groups is 1. The van der Waals surface area contributed by atoms with Crippen molar-refractivity contribution in [3.05, 3.63) is 35.2 Å². The average molecular weight is 186 g/mol. The number of hydrogen-bond acceptors (Lipinski definition) is 1. The zero-order valence-corrected chi connectivity index (χ0v) is 8.09. The summed E-state index contributed by atoms with van der Waals surface area (Å²) in [5, 5.41) is 2.80. The van der Waals surface area contributed by atoms with Gasteiger partial charge in [0.25, 0.3) is 0 Å². The first-order valence-electron chi connectivity index (χ1n) is 4.39. The van der Waals surface area contributed by atoms with Crippen molar-refractivity contribution in [2.75, 3.05) is 5.32 Å². The van der Waals surface area contributed by atoms with Gasteiger partial charge in [-0.1, -0.05) is 12.1 Å². The molecule has 1 N–H and O–H groups in total. The largest absolute Gasteiger partial charge is 0.325 e. The highest BCUT2D eigenvalue weighted by atomic mass is 16.2. The van der Waals surface area contributed by atoms with Crippen LogP contribution >= 0.6 is 0 Å². The van der Waals surface area contributed by atoms with Crippen LogP contribution in [-0.4, -0.2) is 5.91 Å². The molecule has 1 amide bonds. The predicted octanol–water partition coefficient (Wildman–Crippen LogP) is 2.47. The van der Waals surface area contributed by atoms with Gasteiger partial charge < -0.3 is 5.32 Å². The van der Waals surface area contributed by atoms with E-state index in [1.165, 1.54) is 0 Å². The number of hydrogen-bond donors (Lipinski definition) is 1. The SMILES string of the molecule is [C-]#[N+]c1ccc2c(c1)C(C)(C)C(=O)N2. The fraction of sp³-hybridized carbons (Fsp3) is 0.273. The molecule has 2 rings (SSSR count). The molecule has 1 aromatic rings. The van der Waals surface area contributed by atoms with Crippen LogP contribution < -0.4 is 5.32 Å². The third-order valence-corrected chi connectivity index (χ3v) is 2.62. The van der Waals surface area contributed by atoms with Gasteiger partial charge >= 0.3 is 0 Å². The second-order valence-corrected chi connectivity index (χ2v) is 3.92. The van der Waals surface area contributed by atoms with E-state index < -0.39 is 5.41 Å². The normalized spacial score (nSPS) is 17.1. The summed E-state index contributed by atoms with van der Waals surface area (Å²) in [5.74, 6) is -0.00497. The lowest BCUT2D eigenvalue weighted by Crippen LogP contribution is -2.26. The molecule has 1 heterocycles. The van der Waals surface area contributed by atoms with Crippen LogP contribution in [-0.2, 0) is 10.2 Å². The predicted molar refractivity (Wildman–Crippen MR) is 54.4 cm³/mol. The quantitative estimate of drug-likeness (QED) is 0.620. The van der Waals surface area contributed by atoms with Gasteiger partial charge in [-0.3, -0.25) is 4.79 Å². The molecule has 0 saturated carbocycles. The highest BCUT2D eigenvalue weighted by Crippen LogP contribution is 2.39. The number of nitrogens with zero attached hydrogens (tertiary/aromatic N) is 1. The highest BCUT2D eigenvalue weighted by Gasteiger charge is 2.37. The van der Waals surface area contributed by atoms with Crippen molar-refractivity contribution in [3.63, 3.8) is 0 Å². The molecular weight excluding hydrogens is 176 g/mol. The Morgan fingerprint density at radius 3 is 2.79 bits per heavy atom. The molecule has 0 radical (unpaired) electrons. The third kappa shape index (κ3) is 1.01. The molecule has 0 bridgehead atoms. The Labute approximate surface area is 82.6 Å². The standard InChI is InChI=1S/C11H10N2O/c1-11(2)8-6-7(12-3)4-5-9(8)13-10(11)14/h4-6H,1-2H3,(H,13,14). The van der Waals surface area contributed by atoms with Crippen LogP contribution in [0.5, 0.6) is 0 Å². The topological polar surface area (TPSA) is 33.5 Å². The number of fused-ring (bicyclic) bond motifs is 1. The van der Waals surface area contributed by atoms with Crippen molar-refractivity contribution in [1.82, 2.24) is 0 Å². The number of benzene rings is 1. The summed E-state index contributed by atoms with van der Waals surface area (Å²) in [6.45, 7) is 10.6. The van der Waals surface area contributed by atoms with Crippen LogP contribution in [0.25, 0.3) is 4.85 Å². The molecule has 3 heteroatoms. The summed E-state index contributed by atoms with van der Waals surface area (Å²) in [6.07, 6.45) is 0. The summed E-state index contributed by atoms with van der Waals surface area (Å²) >= 11 is 0. The maximum Gasteiger partial charge on any atom is 0.234 e. The minimum absolute atomic E-state index is 0.00497. The second-order valence-electron chi connectivity index (χ2n) is 3.92. The van der Waals surface area contributed by atoms with Gasteiger partial charge in [-0.25, -0.2) is 4.85 Å². The Balaban J connectivity index is 2.64. The van der Waals surface area contributed by atoms with Crippen LogP contribution in [0.3, 0.4) is 0 Å². The first-order chi connectivity index (χ1) is 6.55. The van der Waals surface area contributed by atoms with E-state index in [1.807, 2.05) is 13.8 Å². The van der Waals surface area contributed by atoms with Gasteiger partial charge in [0.05, 0.1) is 12.0 Å². The molecule has 14 heavy (non-hydrogen) atoms. The van der Waals surface area contributed by atoms with Gasteiger partial charge in [0, 0.05) is 5.69 Å². The minimum atomic E-state index is -0.518. The van der Waals surface area contributed by atoms with Crippen LogP contribution in [0.1, 0.15) is 19.4 Å². The van der Waals surface area contributed by atoms with Crippen molar-refractivity contribution in [2.24, 2.45) is 0 Å². The molecule has 1 aromatic carbocycles. The van der Waals surface area contributed by atoms with Crippen molar-refractivity contribution < 1.29 is 4.79 Å². The average Bonchev–Trinajstić information content (AvgIpc) is 2.38. The highest BCUT2D eigenvalue weighted by molar-refractivity contribution is 6.06. The molecule has 0 atom stereocenters. The summed E-state index contributed by atoms with van der Waals surface area (Å²) in [5.41, 5.74) is 1.80. The number of anilines is 1. The molecule has 0 saturated heterocycles. The fourth-order valence-corrected chi connectivity index (χ4v) is 1.63. The molecule has 1 aliphatic heterocycles. The minimum Gasteiger partial charge on any atom is -0.325 e. The van der Waals surface area contributed by atoms with E-state index in [4.69, 9.17) is 6.57 Å². The van der Waals surface area contributed by atoms with Gasteiger partial charge in [0.1, 0.15) is 0 Å². The smallest absolute Gasteiger partial charge is 0.234 e. The Morgan fingerprint density at radius 1 is 1.43 bits per heavy atom. The number of amides is 1. The molecule has 1 aliphatic rings. The molecule has 0 aliphatic carbocycles. The summed E-state index contributed by atoms with van der Waals surface area (Å²) in [7, 11) is 0. The third-order valence-electron chi connectivity index (χ3n) is 2.62. The summed E-state index contributed by atoms with van der Waals surface area (Å²) < 4.78 is 0. The van der Waals surface area contributed by atoms with Gasteiger partial charge in [-0.15, -0.1) is 0 Å². The van der Waals surface area contributed by atoms with Crippen LogP contribution in [0.15, 0.2) is 18.2 Å². The van der Waals surface area contributed by atoms with Gasteiger partial charge in [-0.2, -0.15) is 0 Å². The summed E-state index contributed by atoms with van der Waals surface area (Å²) in [4.78, 5) is 14.9. The van der Waals surface area contributed by atoms with E-state index in [0.717, 1.165) is 11.3 Å². The van der Waals surface area contributed by atoms with Gasteiger partial charge in [0.15, 0.2) is 5.69 Å². The zero-order chi connectivity index (χ0) is 10.3. The van der Waals surface area contributed by atoms with E-state index in [1.54, 1.807) is 18.2 Å². The van der Waals surface area contributed by atoms with E-state index in [0.29, 0.717) is 5.69 Å². The van der Waals surface area contributed by atoms with Crippen molar-refractivity contribution >= 4 is 17.3 Å². The Kier molecular flexibility index (Phi) is 1.62. The molecule has 0 spiro atoms. The van der Waals surface area contributed by atoms with Crippen molar-refractivity contribution in [2.45, 2.75) is 19.3 Å². The Bertz CT molecular complexity index is 455. The molecular formula is C11H10N2O.